The van der Waals surface area contributed by atoms with Gasteiger partial charge < -0.3 is 10.2 Å². The molecule has 0 saturated heterocycles. The SMILES string of the molecule is CCN(CC)CCCNc1ccc2scnc2c1[N+](=O)[O-]. The molecule has 1 heterocycles. The number of nitro benzene ring substituents is 1. The zero-order valence-electron chi connectivity index (χ0n) is 12.3. The predicted molar refractivity (Wildman–Crippen MR) is 87.2 cm³/mol. The van der Waals surface area contributed by atoms with Gasteiger partial charge in [0.1, 0.15) is 5.69 Å². The van der Waals surface area contributed by atoms with Crippen molar-refractivity contribution >= 4 is 32.9 Å². The predicted octanol–water partition coefficient (Wildman–Crippen LogP) is 3.35. The number of benzene rings is 1. The zero-order chi connectivity index (χ0) is 15.2. The number of rotatable bonds is 8. The monoisotopic (exact) mass is 308 g/mol. The lowest BCUT2D eigenvalue weighted by Crippen LogP contribution is -2.25. The van der Waals surface area contributed by atoms with Crippen LogP contribution in [-0.4, -0.2) is 41.0 Å². The van der Waals surface area contributed by atoms with E-state index in [1.807, 2.05) is 6.07 Å². The summed E-state index contributed by atoms with van der Waals surface area (Å²) in [5.74, 6) is 0. The molecule has 1 aromatic carbocycles. The summed E-state index contributed by atoms with van der Waals surface area (Å²) >= 11 is 1.42. The molecule has 0 bridgehead atoms. The van der Waals surface area contributed by atoms with Gasteiger partial charge in [-0.05, 0) is 38.2 Å². The molecule has 2 rings (SSSR count). The third-order valence-electron chi connectivity index (χ3n) is 3.52. The second kappa shape index (κ2) is 7.33. The molecule has 0 atom stereocenters. The summed E-state index contributed by atoms with van der Waals surface area (Å²) in [6, 6.07) is 3.66. The number of hydrogen-bond acceptors (Lipinski definition) is 6. The van der Waals surface area contributed by atoms with Crippen LogP contribution in [0.5, 0.6) is 0 Å². The van der Waals surface area contributed by atoms with E-state index in [9.17, 15) is 10.1 Å². The van der Waals surface area contributed by atoms with E-state index in [0.717, 1.165) is 30.8 Å². The third-order valence-corrected chi connectivity index (χ3v) is 4.31. The molecule has 7 heteroatoms. The average molecular weight is 308 g/mol. The van der Waals surface area contributed by atoms with E-state index in [-0.39, 0.29) is 10.6 Å². The van der Waals surface area contributed by atoms with Gasteiger partial charge >= 0.3 is 5.69 Å². The number of hydrogen-bond donors (Lipinski definition) is 1. The van der Waals surface area contributed by atoms with Crippen LogP contribution >= 0.6 is 11.3 Å². The van der Waals surface area contributed by atoms with E-state index in [4.69, 9.17) is 0 Å². The fourth-order valence-corrected chi connectivity index (χ4v) is 2.99. The minimum absolute atomic E-state index is 0.0802. The van der Waals surface area contributed by atoms with E-state index < -0.39 is 0 Å². The maximum Gasteiger partial charge on any atom is 0.319 e. The highest BCUT2D eigenvalue weighted by atomic mass is 32.1. The highest BCUT2D eigenvalue weighted by Gasteiger charge is 2.20. The van der Waals surface area contributed by atoms with Crippen molar-refractivity contribution in [3.8, 4) is 0 Å². The molecule has 21 heavy (non-hydrogen) atoms. The van der Waals surface area contributed by atoms with Crippen molar-refractivity contribution in [1.82, 2.24) is 9.88 Å². The second-order valence-electron chi connectivity index (χ2n) is 4.73. The Morgan fingerprint density at radius 3 is 2.81 bits per heavy atom. The van der Waals surface area contributed by atoms with Crippen LogP contribution in [0.3, 0.4) is 0 Å². The van der Waals surface area contributed by atoms with Crippen molar-refractivity contribution in [2.45, 2.75) is 20.3 Å². The molecule has 0 fully saturated rings. The van der Waals surface area contributed by atoms with Gasteiger partial charge in [0.15, 0.2) is 5.52 Å². The number of fused-ring (bicyclic) bond motifs is 1. The van der Waals surface area contributed by atoms with E-state index in [1.165, 1.54) is 11.3 Å². The normalized spacial score (nSPS) is 11.2. The smallest absolute Gasteiger partial charge is 0.319 e. The van der Waals surface area contributed by atoms with Crippen molar-refractivity contribution in [1.29, 1.82) is 0 Å². The van der Waals surface area contributed by atoms with Crippen LogP contribution in [0.1, 0.15) is 20.3 Å². The Labute approximate surface area is 127 Å². The van der Waals surface area contributed by atoms with Gasteiger partial charge in [0.05, 0.1) is 15.1 Å². The molecular weight excluding hydrogens is 288 g/mol. The molecule has 6 nitrogen and oxygen atoms in total. The zero-order valence-corrected chi connectivity index (χ0v) is 13.2. The van der Waals surface area contributed by atoms with E-state index >= 15 is 0 Å². The summed E-state index contributed by atoms with van der Waals surface area (Å²) in [4.78, 5) is 17.4. The topological polar surface area (TPSA) is 71.3 Å². The summed E-state index contributed by atoms with van der Waals surface area (Å²) in [5, 5.41) is 14.5. The van der Waals surface area contributed by atoms with Crippen molar-refractivity contribution in [2.75, 3.05) is 31.5 Å². The van der Waals surface area contributed by atoms with E-state index in [1.54, 1.807) is 11.6 Å². The largest absolute Gasteiger partial charge is 0.379 e. The van der Waals surface area contributed by atoms with Gasteiger partial charge in [0, 0.05) is 6.54 Å². The van der Waals surface area contributed by atoms with Crippen LogP contribution in [0.2, 0.25) is 0 Å². The summed E-state index contributed by atoms with van der Waals surface area (Å²) < 4.78 is 0.843. The molecule has 114 valence electrons. The first-order chi connectivity index (χ1) is 10.2. The van der Waals surface area contributed by atoms with Crippen molar-refractivity contribution in [3.05, 3.63) is 27.8 Å². The van der Waals surface area contributed by atoms with Crippen LogP contribution < -0.4 is 5.32 Å². The standard InChI is InChI=1S/C14H20N4O2S/c1-3-17(4-2)9-5-8-15-11-6-7-12-13(16-10-21-12)14(11)18(19)20/h6-7,10,15H,3-5,8-9H2,1-2H3. The first kappa shape index (κ1) is 15.7. The van der Waals surface area contributed by atoms with Gasteiger partial charge in [-0.25, -0.2) is 4.98 Å². The van der Waals surface area contributed by atoms with Crippen LogP contribution in [-0.2, 0) is 0 Å². The minimum Gasteiger partial charge on any atom is -0.379 e. The second-order valence-corrected chi connectivity index (χ2v) is 5.61. The van der Waals surface area contributed by atoms with Gasteiger partial charge in [0.2, 0.25) is 0 Å². The Morgan fingerprint density at radius 2 is 2.14 bits per heavy atom. The Bertz CT molecular complexity index is 610. The molecule has 1 aromatic heterocycles. The maximum absolute atomic E-state index is 11.3. The third kappa shape index (κ3) is 3.68. The molecule has 2 aromatic rings. The molecule has 0 aliphatic heterocycles. The fourth-order valence-electron chi connectivity index (χ4n) is 2.31. The summed E-state index contributed by atoms with van der Waals surface area (Å²) in [5.41, 5.74) is 2.75. The van der Waals surface area contributed by atoms with Gasteiger partial charge in [-0.1, -0.05) is 13.8 Å². The van der Waals surface area contributed by atoms with Gasteiger partial charge in [-0.3, -0.25) is 10.1 Å². The minimum atomic E-state index is -0.352. The highest BCUT2D eigenvalue weighted by molar-refractivity contribution is 7.16. The van der Waals surface area contributed by atoms with Crippen molar-refractivity contribution in [2.24, 2.45) is 0 Å². The molecule has 1 N–H and O–H groups in total. The Balaban J connectivity index is 2.04. The summed E-state index contributed by atoms with van der Waals surface area (Å²) in [7, 11) is 0. The number of nitrogens with zero attached hydrogens (tertiary/aromatic N) is 3. The first-order valence-electron chi connectivity index (χ1n) is 7.14. The Morgan fingerprint density at radius 1 is 1.38 bits per heavy atom. The number of aromatic nitrogens is 1. The van der Waals surface area contributed by atoms with Gasteiger partial charge in [0.25, 0.3) is 0 Å². The fraction of sp³-hybridized carbons (Fsp3) is 0.500. The van der Waals surface area contributed by atoms with Crippen LogP contribution in [0.4, 0.5) is 11.4 Å². The molecule has 0 aliphatic carbocycles. The summed E-state index contributed by atoms with van der Waals surface area (Å²) in [6.45, 7) is 8.04. The van der Waals surface area contributed by atoms with Crippen molar-refractivity contribution < 1.29 is 4.92 Å². The van der Waals surface area contributed by atoms with Crippen molar-refractivity contribution in [3.63, 3.8) is 0 Å². The van der Waals surface area contributed by atoms with Gasteiger partial charge in [-0.2, -0.15) is 0 Å². The lowest BCUT2D eigenvalue weighted by Gasteiger charge is -2.17. The summed E-state index contributed by atoms with van der Waals surface area (Å²) in [6.07, 6.45) is 0.952. The van der Waals surface area contributed by atoms with E-state index in [2.05, 4.69) is 29.0 Å². The molecule has 0 amide bonds. The van der Waals surface area contributed by atoms with Crippen LogP contribution in [0, 0.1) is 10.1 Å². The molecular formula is C14H20N4O2S. The first-order valence-corrected chi connectivity index (χ1v) is 8.02. The molecule has 0 saturated carbocycles. The van der Waals surface area contributed by atoms with E-state index in [0.29, 0.717) is 17.7 Å². The quantitative estimate of drug-likeness (QED) is 0.460. The number of nitro groups is 1. The number of thiazole rings is 1. The molecule has 0 radical (unpaired) electrons. The van der Waals surface area contributed by atoms with Crippen LogP contribution in [0.25, 0.3) is 10.2 Å². The Hall–Kier alpha value is -1.73. The number of anilines is 1. The Kier molecular flexibility index (Phi) is 5.46. The molecule has 0 spiro atoms. The lowest BCUT2D eigenvalue weighted by atomic mass is 10.2. The highest BCUT2D eigenvalue weighted by Crippen LogP contribution is 2.34. The van der Waals surface area contributed by atoms with Crippen LogP contribution in [0.15, 0.2) is 17.6 Å². The maximum atomic E-state index is 11.3. The number of nitrogens with one attached hydrogen (secondary N) is 1. The lowest BCUT2D eigenvalue weighted by molar-refractivity contribution is -0.382. The van der Waals surface area contributed by atoms with Gasteiger partial charge in [-0.15, -0.1) is 11.3 Å². The average Bonchev–Trinajstić information content (AvgIpc) is 2.94. The molecule has 0 aliphatic rings. The molecule has 0 unspecified atom stereocenters.